The Morgan fingerprint density at radius 3 is 1.37 bits per heavy atom. The predicted octanol–water partition coefficient (Wildman–Crippen LogP) is 6.52. The minimum atomic E-state index is -0.235. The summed E-state index contributed by atoms with van der Waals surface area (Å²) in [6.07, 6.45) is -0.471. The average molecular weight is 565 g/mol. The minimum absolute atomic E-state index is 0.235. The van der Waals surface area contributed by atoms with Crippen LogP contribution in [0.25, 0.3) is 0 Å². The molecule has 0 amide bonds. The Labute approximate surface area is 244 Å². The topological polar surface area (TPSA) is 64.6 Å². The summed E-state index contributed by atoms with van der Waals surface area (Å²) in [5.74, 6) is 1.45. The third-order valence-corrected chi connectivity index (χ3v) is 7.03. The normalized spacial score (nSPS) is 19.7. The zero-order valence-electron chi connectivity index (χ0n) is 25.3. The van der Waals surface area contributed by atoms with E-state index < -0.39 is 0 Å². The molecule has 0 saturated carbocycles. The van der Waals surface area contributed by atoms with Gasteiger partial charge in [-0.15, -0.1) is 0 Å². The molecule has 0 fully saturated rings. The first kappa shape index (κ1) is 31.0. The monoisotopic (exact) mass is 564 g/mol. The fourth-order valence-electron chi connectivity index (χ4n) is 5.34. The van der Waals surface area contributed by atoms with E-state index >= 15 is 0 Å². The zero-order chi connectivity index (χ0) is 29.2. The van der Waals surface area contributed by atoms with Gasteiger partial charge in [-0.25, -0.2) is 0 Å². The van der Waals surface area contributed by atoms with Crippen LogP contribution in [0, 0.1) is 27.7 Å². The highest BCUT2D eigenvalue weighted by atomic mass is 16.6. The summed E-state index contributed by atoms with van der Waals surface area (Å²) in [7, 11) is 3.33. The van der Waals surface area contributed by atoms with Crippen molar-refractivity contribution in [1.29, 1.82) is 0 Å². The fraction of sp³-hybridized carbons (Fsp3) is 0.471. The fourth-order valence-corrected chi connectivity index (χ4v) is 5.34. The molecule has 7 nitrogen and oxygen atoms in total. The van der Waals surface area contributed by atoms with Crippen LogP contribution in [0.4, 0.5) is 0 Å². The van der Waals surface area contributed by atoms with Gasteiger partial charge in [0, 0.05) is 11.1 Å². The summed E-state index contributed by atoms with van der Waals surface area (Å²) in [5.41, 5.74) is 8.70. The molecule has 3 aromatic rings. The molecule has 222 valence electrons. The largest absolute Gasteiger partial charge is 0.497 e. The Balaban J connectivity index is 1.59. The summed E-state index contributed by atoms with van der Waals surface area (Å²) in [5, 5.41) is 0. The number of aryl methyl sites for hydroxylation is 4. The molecular formula is C34H44O7. The van der Waals surface area contributed by atoms with Gasteiger partial charge in [0.15, 0.2) is 0 Å². The van der Waals surface area contributed by atoms with Gasteiger partial charge >= 0.3 is 0 Å². The van der Waals surface area contributed by atoms with Gasteiger partial charge in [0.1, 0.15) is 23.7 Å². The lowest BCUT2D eigenvalue weighted by molar-refractivity contribution is -0.0646. The van der Waals surface area contributed by atoms with Gasteiger partial charge in [-0.3, -0.25) is 0 Å². The summed E-state index contributed by atoms with van der Waals surface area (Å²) < 4.78 is 42.4. The highest BCUT2D eigenvalue weighted by molar-refractivity contribution is 5.47. The molecule has 3 aromatic carbocycles. The molecule has 1 heterocycles. The van der Waals surface area contributed by atoms with E-state index in [-0.39, 0.29) is 12.2 Å². The van der Waals surface area contributed by atoms with Gasteiger partial charge in [0.2, 0.25) is 0 Å². The van der Waals surface area contributed by atoms with Crippen LogP contribution in [0.5, 0.6) is 11.5 Å². The number of fused-ring (bicyclic) bond motifs is 2. The van der Waals surface area contributed by atoms with E-state index in [1.54, 1.807) is 14.2 Å². The quantitative estimate of drug-likeness (QED) is 0.358. The molecule has 1 aliphatic heterocycles. The van der Waals surface area contributed by atoms with Crippen molar-refractivity contribution in [3.63, 3.8) is 0 Å². The highest BCUT2D eigenvalue weighted by Crippen LogP contribution is 2.32. The second-order valence-electron chi connectivity index (χ2n) is 10.7. The third kappa shape index (κ3) is 9.02. The van der Waals surface area contributed by atoms with E-state index in [9.17, 15) is 0 Å². The SMILES string of the molecule is COc1cc2c(OC)c(c1)COC[C@H](c1cc(C)cc(C)c1)OCCOCCO[C@@H](c1cc(C)cc(C)c1)COC2. The predicted molar refractivity (Wildman–Crippen MR) is 159 cm³/mol. The van der Waals surface area contributed by atoms with Gasteiger partial charge < -0.3 is 33.2 Å². The van der Waals surface area contributed by atoms with Gasteiger partial charge in [-0.05, 0) is 51.0 Å². The summed E-state index contributed by atoms with van der Waals surface area (Å²) in [6.45, 7) is 11.6. The first-order valence-corrected chi connectivity index (χ1v) is 14.2. The maximum absolute atomic E-state index is 6.29. The Hall–Kier alpha value is -2.94. The molecule has 0 aromatic heterocycles. The van der Waals surface area contributed by atoms with E-state index in [1.165, 1.54) is 22.3 Å². The van der Waals surface area contributed by atoms with E-state index in [0.29, 0.717) is 52.9 Å². The zero-order valence-corrected chi connectivity index (χ0v) is 25.3. The Bertz CT molecular complexity index is 1140. The molecule has 0 N–H and O–H groups in total. The van der Waals surface area contributed by atoms with Crippen molar-refractivity contribution >= 4 is 0 Å². The molecular weight excluding hydrogens is 520 g/mol. The first-order valence-electron chi connectivity index (χ1n) is 14.2. The van der Waals surface area contributed by atoms with Crippen molar-refractivity contribution in [2.45, 2.75) is 53.1 Å². The van der Waals surface area contributed by atoms with Gasteiger partial charge in [-0.1, -0.05) is 58.7 Å². The second-order valence-corrected chi connectivity index (χ2v) is 10.7. The summed E-state index contributed by atoms with van der Waals surface area (Å²) >= 11 is 0. The number of rotatable bonds is 4. The van der Waals surface area contributed by atoms with Crippen molar-refractivity contribution in [3.05, 3.63) is 93.0 Å². The summed E-state index contributed by atoms with van der Waals surface area (Å²) in [6, 6.07) is 16.8. The standard InChI is InChI=1S/C34H44O7/c1-23-11-24(2)14-27(13-23)32-21-38-19-29-17-31(35-5)18-30(34(29)36-6)20-39-22-33(41-10-8-37-7-9-40-32)28-15-25(3)12-26(4)16-28/h11-18,32-33H,7-10,19-22H2,1-6H3/t32-,33-/m1/s1. The number of hydrogen-bond acceptors (Lipinski definition) is 7. The van der Waals surface area contributed by atoms with E-state index in [1.807, 2.05) is 12.1 Å². The smallest absolute Gasteiger partial charge is 0.130 e. The number of methoxy groups -OCH3 is 2. The van der Waals surface area contributed by atoms with Crippen LogP contribution in [0.2, 0.25) is 0 Å². The number of ether oxygens (including phenoxy) is 7. The van der Waals surface area contributed by atoms with Gasteiger partial charge in [0.05, 0.1) is 67.1 Å². The van der Waals surface area contributed by atoms with Crippen molar-refractivity contribution in [2.75, 3.05) is 53.9 Å². The molecule has 0 saturated heterocycles. The minimum Gasteiger partial charge on any atom is -0.497 e. The molecule has 1 aliphatic rings. The molecule has 0 unspecified atom stereocenters. The number of hydrogen-bond donors (Lipinski definition) is 0. The highest BCUT2D eigenvalue weighted by Gasteiger charge is 2.19. The molecule has 7 heteroatoms. The van der Waals surface area contributed by atoms with Crippen LogP contribution in [-0.4, -0.2) is 53.9 Å². The Morgan fingerprint density at radius 1 is 0.537 bits per heavy atom. The van der Waals surface area contributed by atoms with Crippen LogP contribution in [0.3, 0.4) is 0 Å². The van der Waals surface area contributed by atoms with Gasteiger partial charge in [0.25, 0.3) is 0 Å². The lowest BCUT2D eigenvalue weighted by atomic mass is 10.0. The lowest BCUT2D eigenvalue weighted by Crippen LogP contribution is -2.19. The Morgan fingerprint density at radius 2 is 0.976 bits per heavy atom. The van der Waals surface area contributed by atoms with Crippen LogP contribution in [-0.2, 0) is 36.9 Å². The lowest BCUT2D eigenvalue weighted by Gasteiger charge is -2.23. The maximum Gasteiger partial charge on any atom is 0.130 e. The second kappa shape index (κ2) is 15.3. The Kier molecular flexibility index (Phi) is 11.6. The van der Waals surface area contributed by atoms with Crippen LogP contribution < -0.4 is 9.47 Å². The molecule has 4 rings (SSSR count). The molecule has 0 aliphatic carbocycles. The molecule has 0 spiro atoms. The summed E-state index contributed by atoms with van der Waals surface area (Å²) in [4.78, 5) is 0. The van der Waals surface area contributed by atoms with Crippen molar-refractivity contribution in [2.24, 2.45) is 0 Å². The van der Waals surface area contributed by atoms with Crippen molar-refractivity contribution < 1.29 is 33.2 Å². The van der Waals surface area contributed by atoms with Crippen molar-refractivity contribution in [1.82, 2.24) is 0 Å². The first-order chi connectivity index (χ1) is 19.9. The molecule has 2 atom stereocenters. The van der Waals surface area contributed by atoms with Crippen LogP contribution in [0.1, 0.15) is 56.7 Å². The molecule has 2 bridgehead atoms. The molecule has 41 heavy (non-hydrogen) atoms. The van der Waals surface area contributed by atoms with E-state index in [4.69, 9.17) is 33.2 Å². The van der Waals surface area contributed by atoms with Crippen LogP contribution >= 0.6 is 0 Å². The maximum atomic E-state index is 6.29. The van der Waals surface area contributed by atoms with Gasteiger partial charge in [-0.2, -0.15) is 0 Å². The average Bonchev–Trinajstić information content (AvgIpc) is 2.92. The van der Waals surface area contributed by atoms with E-state index in [2.05, 4.69) is 64.1 Å². The van der Waals surface area contributed by atoms with Crippen LogP contribution in [0.15, 0.2) is 48.5 Å². The van der Waals surface area contributed by atoms with Crippen molar-refractivity contribution in [3.8, 4) is 11.5 Å². The molecule has 0 radical (unpaired) electrons. The number of benzene rings is 3. The van der Waals surface area contributed by atoms with E-state index in [0.717, 1.165) is 33.8 Å². The third-order valence-electron chi connectivity index (χ3n) is 7.03.